The third-order valence-corrected chi connectivity index (χ3v) is 5.65. The third-order valence-electron chi connectivity index (χ3n) is 3.84. The van der Waals surface area contributed by atoms with Crippen LogP contribution in [0.4, 0.5) is 5.69 Å². The predicted octanol–water partition coefficient (Wildman–Crippen LogP) is 2.12. The van der Waals surface area contributed by atoms with Gasteiger partial charge in [-0.2, -0.15) is 0 Å². The van der Waals surface area contributed by atoms with Gasteiger partial charge in [-0.1, -0.05) is 24.3 Å². The lowest BCUT2D eigenvalue weighted by Crippen LogP contribution is -2.29. The molecule has 1 amide bonds. The second kappa shape index (κ2) is 6.62. The molecule has 0 saturated heterocycles. The second-order valence-electron chi connectivity index (χ2n) is 5.35. The highest BCUT2D eigenvalue weighted by atomic mass is 32.2. The zero-order chi connectivity index (χ0) is 17.2. The SMILES string of the molecule is CCONC(=O)c1cccc(S(=O)(=O)N2CCc3ccccc32)c1. The maximum Gasteiger partial charge on any atom is 0.274 e. The summed E-state index contributed by atoms with van der Waals surface area (Å²) in [7, 11) is -3.72. The summed E-state index contributed by atoms with van der Waals surface area (Å²) in [6.45, 7) is 2.47. The van der Waals surface area contributed by atoms with Crippen molar-refractivity contribution in [3.05, 3.63) is 59.7 Å². The lowest BCUT2D eigenvalue weighted by atomic mass is 10.2. The quantitative estimate of drug-likeness (QED) is 0.842. The average molecular weight is 346 g/mol. The largest absolute Gasteiger partial charge is 0.274 e. The first kappa shape index (κ1) is 16.5. The van der Waals surface area contributed by atoms with Gasteiger partial charge in [0.1, 0.15) is 0 Å². The molecule has 0 bridgehead atoms. The highest BCUT2D eigenvalue weighted by molar-refractivity contribution is 7.92. The number of sulfonamides is 1. The van der Waals surface area contributed by atoms with E-state index < -0.39 is 15.9 Å². The van der Waals surface area contributed by atoms with Crippen LogP contribution < -0.4 is 9.79 Å². The number of carbonyl (C=O) groups excluding carboxylic acids is 1. The minimum atomic E-state index is -3.72. The fraction of sp³-hybridized carbons (Fsp3) is 0.235. The van der Waals surface area contributed by atoms with Crippen LogP contribution in [0.3, 0.4) is 0 Å². The molecular weight excluding hydrogens is 328 g/mol. The Morgan fingerprint density at radius 2 is 2.00 bits per heavy atom. The summed E-state index contributed by atoms with van der Waals surface area (Å²) < 4.78 is 27.3. The van der Waals surface area contributed by atoms with Gasteiger partial charge in [0.05, 0.1) is 17.2 Å². The molecule has 1 N–H and O–H groups in total. The fourth-order valence-electron chi connectivity index (χ4n) is 2.68. The van der Waals surface area contributed by atoms with E-state index in [4.69, 9.17) is 4.84 Å². The number of fused-ring (bicyclic) bond motifs is 1. The number of hydrogen-bond acceptors (Lipinski definition) is 4. The van der Waals surface area contributed by atoms with Crippen molar-refractivity contribution in [1.29, 1.82) is 0 Å². The summed E-state index contributed by atoms with van der Waals surface area (Å²) in [4.78, 5) is 16.9. The molecule has 1 heterocycles. The summed E-state index contributed by atoms with van der Waals surface area (Å²) in [5, 5.41) is 0. The van der Waals surface area contributed by atoms with E-state index in [1.165, 1.54) is 16.4 Å². The highest BCUT2D eigenvalue weighted by Gasteiger charge is 2.30. The van der Waals surface area contributed by atoms with Crippen LogP contribution in [0.1, 0.15) is 22.8 Å². The summed E-state index contributed by atoms with van der Waals surface area (Å²) in [5.41, 5.74) is 4.20. The van der Waals surface area contributed by atoms with E-state index >= 15 is 0 Å². The average Bonchev–Trinajstić information content (AvgIpc) is 3.04. The molecule has 1 aliphatic heterocycles. The highest BCUT2D eigenvalue weighted by Crippen LogP contribution is 2.32. The molecular formula is C17H18N2O4S. The van der Waals surface area contributed by atoms with Crippen LogP contribution in [0, 0.1) is 0 Å². The van der Waals surface area contributed by atoms with Crippen LogP contribution in [-0.2, 0) is 21.3 Å². The number of para-hydroxylation sites is 1. The van der Waals surface area contributed by atoms with E-state index in [1.54, 1.807) is 25.1 Å². The van der Waals surface area contributed by atoms with Gasteiger partial charge in [0.15, 0.2) is 0 Å². The summed E-state index contributed by atoms with van der Waals surface area (Å²) in [6, 6.07) is 13.4. The number of nitrogens with zero attached hydrogens (tertiary/aromatic N) is 1. The van der Waals surface area contributed by atoms with Crippen molar-refractivity contribution in [3.63, 3.8) is 0 Å². The third kappa shape index (κ3) is 3.00. The topological polar surface area (TPSA) is 75.7 Å². The van der Waals surface area contributed by atoms with E-state index in [-0.39, 0.29) is 10.5 Å². The molecule has 2 aromatic rings. The molecule has 1 aliphatic rings. The lowest BCUT2D eigenvalue weighted by Gasteiger charge is -2.19. The van der Waals surface area contributed by atoms with Crippen LogP contribution in [0.5, 0.6) is 0 Å². The van der Waals surface area contributed by atoms with Crippen LogP contribution in [0.2, 0.25) is 0 Å². The van der Waals surface area contributed by atoms with E-state index in [0.717, 1.165) is 5.56 Å². The summed E-state index contributed by atoms with van der Waals surface area (Å²) >= 11 is 0. The zero-order valence-corrected chi connectivity index (χ0v) is 14.0. The van der Waals surface area contributed by atoms with Gasteiger partial charge in [0.25, 0.3) is 15.9 Å². The number of rotatable bonds is 5. The Kier molecular flexibility index (Phi) is 4.55. The molecule has 0 fully saturated rings. The number of carbonyl (C=O) groups is 1. The van der Waals surface area contributed by atoms with Crippen LogP contribution >= 0.6 is 0 Å². The number of amides is 1. The number of benzene rings is 2. The number of hydroxylamine groups is 1. The van der Waals surface area contributed by atoms with E-state index in [0.29, 0.717) is 25.3 Å². The molecule has 0 aliphatic carbocycles. The van der Waals surface area contributed by atoms with Crippen LogP contribution in [-0.4, -0.2) is 27.5 Å². The first-order valence-corrected chi connectivity index (χ1v) is 9.11. The van der Waals surface area contributed by atoms with Crippen molar-refractivity contribution < 1.29 is 18.0 Å². The van der Waals surface area contributed by atoms with Gasteiger partial charge in [-0.05, 0) is 43.2 Å². The zero-order valence-electron chi connectivity index (χ0n) is 13.2. The maximum atomic E-state index is 12.9. The van der Waals surface area contributed by atoms with Crippen molar-refractivity contribution in [1.82, 2.24) is 5.48 Å². The second-order valence-corrected chi connectivity index (χ2v) is 7.21. The molecule has 0 saturated carbocycles. The van der Waals surface area contributed by atoms with Gasteiger partial charge in [0, 0.05) is 12.1 Å². The van der Waals surface area contributed by atoms with Gasteiger partial charge in [-0.15, -0.1) is 0 Å². The van der Waals surface area contributed by atoms with Crippen molar-refractivity contribution >= 4 is 21.6 Å². The predicted molar refractivity (Wildman–Crippen MR) is 90.2 cm³/mol. The number of hydrogen-bond donors (Lipinski definition) is 1. The molecule has 6 nitrogen and oxygen atoms in total. The maximum absolute atomic E-state index is 12.9. The van der Waals surface area contributed by atoms with Gasteiger partial charge < -0.3 is 0 Å². The normalized spacial score (nSPS) is 13.6. The van der Waals surface area contributed by atoms with Crippen molar-refractivity contribution in [2.45, 2.75) is 18.2 Å². The molecule has 2 aromatic carbocycles. The Morgan fingerprint density at radius 1 is 1.21 bits per heavy atom. The van der Waals surface area contributed by atoms with Gasteiger partial charge in [-0.25, -0.2) is 13.9 Å². The Hall–Kier alpha value is -2.38. The van der Waals surface area contributed by atoms with E-state index in [1.807, 2.05) is 18.2 Å². The summed E-state index contributed by atoms with van der Waals surface area (Å²) in [5.74, 6) is -0.476. The van der Waals surface area contributed by atoms with Crippen molar-refractivity contribution in [3.8, 4) is 0 Å². The fourth-order valence-corrected chi connectivity index (χ4v) is 4.23. The lowest BCUT2D eigenvalue weighted by molar-refractivity contribution is 0.0364. The van der Waals surface area contributed by atoms with Gasteiger partial charge in [-0.3, -0.25) is 13.9 Å². The Bertz CT molecular complexity index is 864. The Labute approximate surface area is 141 Å². The molecule has 0 spiro atoms. The van der Waals surface area contributed by atoms with Gasteiger partial charge in [0.2, 0.25) is 0 Å². The molecule has 0 unspecified atom stereocenters. The minimum absolute atomic E-state index is 0.0864. The van der Waals surface area contributed by atoms with Crippen molar-refractivity contribution in [2.75, 3.05) is 17.5 Å². The minimum Gasteiger partial charge on any atom is -0.274 e. The van der Waals surface area contributed by atoms with E-state index in [2.05, 4.69) is 5.48 Å². The molecule has 24 heavy (non-hydrogen) atoms. The molecule has 3 rings (SSSR count). The number of anilines is 1. The monoisotopic (exact) mass is 346 g/mol. The van der Waals surface area contributed by atoms with Crippen molar-refractivity contribution in [2.24, 2.45) is 0 Å². The molecule has 0 atom stereocenters. The van der Waals surface area contributed by atoms with Crippen LogP contribution in [0.25, 0.3) is 0 Å². The van der Waals surface area contributed by atoms with Gasteiger partial charge >= 0.3 is 0 Å². The Balaban J connectivity index is 1.93. The summed E-state index contributed by atoms with van der Waals surface area (Å²) in [6.07, 6.45) is 0.680. The Morgan fingerprint density at radius 3 is 2.79 bits per heavy atom. The molecule has 7 heteroatoms. The first-order chi connectivity index (χ1) is 11.5. The standard InChI is InChI=1S/C17H18N2O4S/c1-2-23-18-17(20)14-7-5-8-15(12-14)24(21,22)19-11-10-13-6-3-4-9-16(13)19/h3-9,12H,2,10-11H2,1H3,(H,18,20). The first-order valence-electron chi connectivity index (χ1n) is 7.67. The molecule has 0 radical (unpaired) electrons. The molecule has 0 aromatic heterocycles. The number of nitrogens with one attached hydrogen (secondary N) is 1. The smallest absolute Gasteiger partial charge is 0.274 e. The molecule has 126 valence electrons. The van der Waals surface area contributed by atoms with E-state index in [9.17, 15) is 13.2 Å². The van der Waals surface area contributed by atoms with Crippen LogP contribution in [0.15, 0.2) is 53.4 Å².